The van der Waals surface area contributed by atoms with E-state index in [1.807, 2.05) is 6.07 Å². The van der Waals surface area contributed by atoms with Gasteiger partial charge in [0.25, 0.3) is 5.91 Å². The fourth-order valence-electron chi connectivity index (χ4n) is 3.14. The molecule has 1 fully saturated rings. The Morgan fingerprint density at radius 1 is 1.27 bits per heavy atom. The first-order valence-electron chi connectivity index (χ1n) is 8.51. The minimum Gasteiger partial charge on any atom is -0.378 e. The molecule has 134 valence electrons. The summed E-state index contributed by atoms with van der Waals surface area (Å²) in [6, 6.07) is 12.5. The standard InChI is InChI=1S/C21H19ClFNO2/c22-17-6-1-4-15(12-17)9-11-21(26)10-3-8-19(14-21)24-20(25)16-5-2-7-18(23)13-16/h1-2,4-7,12-13,19,26H,3,8,10,14H2,(H,24,25)/t19-,21+/m0/s1. The van der Waals surface area contributed by atoms with Crippen molar-refractivity contribution in [3.05, 3.63) is 70.5 Å². The Morgan fingerprint density at radius 2 is 2.08 bits per heavy atom. The van der Waals surface area contributed by atoms with Crippen molar-refractivity contribution in [1.82, 2.24) is 5.32 Å². The van der Waals surface area contributed by atoms with E-state index in [1.54, 1.807) is 24.3 Å². The summed E-state index contributed by atoms with van der Waals surface area (Å²) in [5.41, 5.74) is -0.165. The van der Waals surface area contributed by atoms with Crippen LogP contribution < -0.4 is 5.32 Å². The van der Waals surface area contributed by atoms with E-state index in [0.29, 0.717) is 17.9 Å². The number of nitrogens with one attached hydrogen (secondary N) is 1. The number of amides is 1. The van der Waals surface area contributed by atoms with Gasteiger partial charge < -0.3 is 10.4 Å². The highest BCUT2D eigenvalue weighted by atomic mass is 35.5. The monoisotopic (exact) mass is 371 g/mol. The predicted octanol–water partition coefficient (Wildman–Crippen LogP) is 3.93. The number of carbonyl (C=O) groups excluding carboxylic acids is 1. The fraction of sp³-hybridized carbons (Fsp3) is 0.286. The average Bonchev–Trinajstić information content (AvgIpc) is 2.60. The zero-order valence-electron chi connectivity index (χ0n) is 14.1. The Kier molecular flexibility index (Phi) is 5.61. The molecule has 0 bridgehead atoms. The topological polar surface area (TPSA) is 49.3 Å². The van der Waals surface area contributed by atoms with Crippen molar-refractivity contribution < 1.29 is 14.3 Å². The van der Waals surface area contributed by atoms with Gasteiger partial charge in [0.1, 0.15) is 11.4 Å². The Hall–Kier alpha value is -2.35. The van der Waals surface area contributed by atoms with Gasteiger partial charge in [-0.1, -0.05) is 35.6 Å². The van der Waals surface area contributed by atoms with Gasteiger partial charge in [-0.25, -0.2) is 4.39 Å². The maximum absolute atomic E-state index is 13.3. The first kappa shape index (κ1) is 18.4. The lowest BCUT2D eigenvalue weighted by Gasteiger charge is -2.33. The van der Waals surface area contributed by atoms with E-state index in [-0.39, 0.29) is 17.5 Å². The Labute approximate surface area is 157 Å². The molecule has 26 heavy (non-hydrogen) atoms. The molecule has 0 aliphatic heterocycles. The van der Waals surface area contributed by atoms with Crippen LogP contribution in [0.5, 0.6) is 0 Å². The predicted molar refractivity (Wildman–Crippen MR) is 99.4 cm³/mol. The van der Waals surface area contributed by atoms with Crippen LogP contribution in [0.15, 0.2) is 48.5 Å². The van der Waals surface area contributed by atoms with Gasteiger partial charge in [0.2, 0.25) is 0 Å². The largest absolute Gasteiger partial charge is 0.378 e. The van der Waals surface area contributed by atoms with Crippen LogP contribution in [0.1, 0.15) is 41.6 Å². The zero-order valence-corrected chi connectivity index (χ0v) is 14.9. The third-order valence-corrected chi connectivity index (χ3v) is 4.65. The minimum atomic E-state index is -1.17. The van der Waals surface area contributed by atoms with Crippen LogP contribution in [0.4, 0.5) is 4.39 Å². The van der Waals surface area contributed by atoms with E-state index in [2.05, 4.69) is 17.2 Å². The van der Waals surface area contributed by atoms with Crippen LogP contribution >= 0.6 is 11.6 Å². The number of hydrogen-bond acceptors (Lipinski definition) is 2. The minimum absolute atomic E-state index is 0.210. The second kappa shape index (κ2) is 7.90. The van der Waals surface area contributed by atoms with E-state index >= 15 is 0 Å². The summed E-state index contributed by atoms with van der Waals surface area (Å²) in [4.78, 5) is 12.3. The van der Waals surface area contributed by atoms with Crippen LogP contribution in [0, 0.1) is 17.7 Å². The molecule has 0 spiro atoms. The Morgan fingerprint density at radius 3 is 2.85 bits per heavy atom. The van der Waals surface area contributed by atoms with Gasteiger partial charge >= 0.3 is 0 Å². The van der Waals surface area contributed by atoms with Crippen molar-refractivity contribution in [3.8, 4) is 11.8 Å². The average molecular weight is 372 g/mol. The van der Waals surface area contributed by atoms with E-state index in [1.165, 1.54) is 18.2 Å². The summed E-state index contributed by atoms with van der Waals surface area (Å²) in [5.74, 6) is 5.09. The van der Waals surface area contributed by atoms with Crippen molar-refractivity contribution in [2.75, 3.05) is 0 Å². The third kappa shape index (κ3) is 4.85. The molecule has 0 heterocycles. The van der Waals surface area contributed by atoms with Gasteiger partial charge in [-0.3, -0.25) is 4.79 Å². The van der Waals surface area contributed by atoms with Crippen LogP contribution in [-0.2, 0) is 0 Å². The van der Waals surface area contributed by atoms with Crippen molar-refractivity contribution in [2.45, 2.75) is 37.3 Å². The molecule has 1 saturated carbocycles. The van der Waals surface area contributed by atoms with Gasteiger partial charge in [-0.2, -0.15) is 0 Å². The van der Waals surface area contributed by atoms with Crippen molar-refractivity contribution in [1.29, 1.82) is 0 Å². The lowest BCUT2D eigenvalue weighted by atomic mass is 9.82. The molecule has 0 aromatic heterocycles. The molecule has 1 aliphatic rings. The summed E-state index contributed by atoms with van der Waals surface area (Å²) in [6.45, 7) is 0. The molecule has 2 aromatic rings. The zero-order chi connectivity index (χ0) is 18.6. The molecule has 0 saturated heterocycles. The fourth-order valence-corrected chi connectivity index (χ4v) is 3.33. The SMILES string of the molecule is O=C(N[C@H]1CCC[C@@](O)(C#Cc2cccc(Cl)c2)C1)c1cccc(F)c1. The number of benzene rings is 2. The van der Waals surface area contributed by atoms with Crippen LogP contribution in [0.25, 0.3) is 0 Å². The number of rotatable bonds is 2. The van der Waals surface area contributed by atoms with Crippen molar-refractivity contribution in [3.63, 3.8) is 0 Å². The summed E-state index contributed by atoms with van der Waals surface area (Å²) in [7, 11) is 0. The molecule has 1 amide bonds. The van der Waals surface area contributed by atoms with Gasteiger partial charge in [0, 0.05) is 28.6 Å². The molecule has 0 unspecified atom stereocenters. The second-order valence-electron chi connectivity index (χ2n) is 6.57. The Bertz CT molecular complexity index is 874. The molecular formula is C21H19ClFNO2. The van der Waals surface area contributed by atoms with E-state index in [4.69, 9.17) is 11.6 Å². The van der Waals surface area contributed by atoms with Crippen LogP contribution in [0.2, 0.25) is 5.02 Å². The highest BCUT2D eigenvalue weighted by Crippen LogP contribution is 2.28. The maximum atomic E-state index is 13.3. The molecule has 2 N–H and O–H groups in total. The molecular weight excluding hydrogens is 353 g/mol. The van der Waals surface area contributed by atoms with Crippen LogP contribution in [-0.4, -0.2) is 22.7 Å². The van der Waals surface area contributed by atoms with E-state index in [9.17, 15) is 14.3 Å². The second-order valence-corrected chi connectivity index (χ2v) is 7.01. The lowest BCUT2D eigenvalue weighted by Crippen LogP contribution is -2.45. The molecule has 0 radical (unpaired) electrons. The molecule has 2 aromatic carbocycles. The quantitative estimate of drug-likeness (QED) is 0.786. The molecule has 2 atom stereocenters. The van der Waals surface area contributed by atoms with Gasteiger partial charge in [0.15, 0.2) is 0 Å². The van der Waals surface area contributed by atoms with E-state index < -0.39 is 11.4 Å². The molecule has 1 aliphatic carbocycles. The highest BCUT2D eigenvalue weighted by molar-refractivity contribution is 6.30. The highest BCUT2D eigenvalue weighted by Gasteiger charge is 2.33. The summed E-state index contributed by atoms with van der Waals surface area (Å²) in [5, 5.41) is 14.2. The van der Waals surface area contributed by atoms with Gasteiger partial charge in [0.05, 0.1) is 0 Å². The van der Waals surface area contributed by atoms with Crippen molar-refractivity contribution >= 4 is 17.5 Å². The third-order valence-electron chi connectivity index (χ3n) is 4.41. The number of hydrogen-bond donors (Lipinski definition) is 2. The summed E-state index contributed by atoms with van der Waals surface area (Å²) in [6.07, 6.45) is 2.38. The number of carbonyl (C=O) groups is 1. The smallest absolute Gasteiger partial charge is 0.251 e. The first-order chi connectivity index (χ1) is 12.4. The lowest BCUT2D eigenvalue weighted by molar-refractivity contribution is 0.0452. The first-order valence-corrected chi connectivity index (χ1v) is 8.89. The number of aliphatic hydroxyl groups is 1. The van der Waals surface area contributed by atoms with Crippen LogP contribution in [0.3, 0.4) is 0 Å². The van der Waals surface area contributed by atoms with Gasteiger partial charge in [-0.15, -0.1) is 0 Å². The van der Waals surface area contributed by atoms with Gasteiger partial charge in [-0.05, 0) is 55.7 Å². The summed E-state index contributed by atoms with van der Waals surface area (Å²) < 4.78 is 13.3. The maximum Gasteiger partial charge on any atom is 0.251 e. The summed E-state index contributed by atoms with van der Waals surface area (Å²) >= 11 is 5.95. The molecule has 5 heteroatoms. The number of halogens is 2. The van der Waals surface area contributed by atoms with E-state index in [0.717, 1.165) is 18.4 Å². The molecule has 3 rings (SSSR count). The molecule has 3 nitrogen and oxygen atoms in total. The van der Waals surface area contributed by atoms with Crippen molar-refractivity contribution in [2.24, 2.45) is 0 Å². The normalized spacial score (nSPS) is 22.2. The Balaban J connectivity index is 1.68.